The summed E-state index contributed by atoms with van der Waals surface area (Å²) in [6.07, 6.45) is 0. The fourth-order valence-electron chi connectivity index (χ4n) is 1.60. The zero-order chi connectivity index (χ0) is 15.6. The van der Waals surface area contributed by atoms with Crippen molar-refractivity contribution in [2.45, 2.75) is 11.8 Å². The van der Waals surface area contributed by atoms with Crippen molar-refractivity contribution < 1.29 is 18.3 Å². The van der Waals surface area contributed by atoms with Gasteiger partial charge in [0.1, 0.15) is 5.75 Å². The van der Waals surface area contributed by atoms with Gasteiger partial charge in [-0.2, -0.15) is 0 Å². The number of amides is 1. The van der Waals surface area contributed by atoms with E-state index in [0.717, 1.165) is 3.79 Å². The van der Waals surface area contributed by atoms with Crippen LogP contribution < -0.4 is 5.32 Å². The summed E-state index contributed by atoms with van der Waals surface area (Å²) in [5, 5.41) is 13.9. The van der Waals surface area contributed by atoms with Crippen LogP contribution in [0.5, 0.6) is 5.75 Å². The molecule has 2 N–H and O–H groups in total. The van der Waals surface area contributed by atoms with Gasteiger partial charge < -0.3 is 10.4 Å². The number of hydrogen-bond acceptors (Lipinski definition) is 5. The van der Waals surface area contributed by atoms with Crippen LogP contribution in [0.15, 0.2) is 38.3 Å². The van der Waals surface area contributed by atoms with Gasteiger partial charge in [-0.05, 0) is 40.2 Å². The number of carbonyl (C=O) groups excluding carboxylic acids is 1. The molecule has 1 heterocycles. The van der Waals surface area contributed by atoms with Crippen LogP contribution in [0, 0.1) is 0 Å². The summed E-state index contributed by atoms with van der Waals surface area (Å²) in [4.78, 5) is 12.1. The van der Waals surface area contributed by atoms with Gasteiger partial charge in [0.2, 0.25) is 0 Å². The van der Waals surface area contributed by atoms with Crippen molar-refractivity contribution in [2.24, 2.45) is 0 Å². The van der Waals surface area contributed by atoms with Crippen molar-refractivity contribution in [1.82, 2.24) is 0 Å². The maximum Gasteiger partial charge on any atom is 0.256 e. The summed E-state index contributed by atoms with van der Waals surface area (Å²) in [7, 11) is -3.40. The topological polar surface area (TPSA) is 83.5 Å². The Labute approximate surface area is 134 Å². The molecule has 0 bridgehead atoms. The number of thiophene rings is 1. The fourth-order valence-corrected chi connectivity index (χ4v) is 3.64. The van der Waals surface area contributed by atoms with E-state index in [1.807, 2.05) is 0 Å². The highest BCUT2D eigenvalue weighted by molar-refractivity contribution is 9.11. The first-order valence-electron chi connectivity index (χ1n) is 5.94. The van der Waals surface area contributed by atoms with Crippen LogP contribution in [0.3, 0.4) is 0 Å². The molecule has 21 heavy (non-hydrogen) atoms. The van der Waals surface area contributed by atoms with E-state index in [0.29, 0.717) is 5.56 Å². The van der Waals surface area contributed by atoms with E-state index in [2.05, 4.69) is 21.2 Å². The molecule has 1 amide bonds. The number of rotatable bonds is 4. The van der Waals surface area contributed by atoms with Crippen molar-refractivity contribution in [3.63, 3.8) is 0 Å². The molecule has 0 saturated carbocycles. The van der Waals surface area contributed by atoms with Crippen LogP contribution in [0.4, 0.5) is 5.69 Å². The van der Waals surface area contributed by atoms with Crippen molar-refractivity contribution in [2.75, 3.05) is 11.1 Å². The summed E-state index contributed by atoms with van der Waals surface area (Å²) < 4.78 is 24.5. The quantitative estimate of drug-likeness (QED) is 0.785. The Morgan fingerprint density at radius 2 is 2.10 bits per heavy atom. The van der Waals surface area contributed by atoms with Crippen molar-refractivity contribution in [3.8, 4) is 5.75 Å². The lowest BCUT2D eigenvalue weighted by Gasteiger charge is -2.09. The first-order valence-corrected chi connectivity index (χ1v) is 9.27. The average Bonchev–Trinajstić information content (AvgIpc) is 2.87. The monoisotopic (exact) mass is 389 g/mol. The molecule has 0 spiro atoms. The molecule has 0 fully saturated rings. The number of hydrogen-bond donors (Lipinski definition) is 2. The SMILES string of the molecule is CCS(=O)(=O)c1ccc(O)c(NC(=O)c2csc(Br)c2)c1. The van der Waals surface area contributed by atoms with Gasteiger partial charge in [0.15, 0.2) is 9.84 Å². The van der Waals surface area contributed by atoms with Crippen LogP contribution >= 0.6 is 27.3 Å². The van der Waals surface area contributed by atoms with E-state index >= 15 is 0 Å². The highest BCUT2D eigenvalue weighted by Crippen LogP contribution is 2.28. The van der Waals surface area contributed by atoms with Crippen LogP contribution in [0.1, 0.15) is 17.3 Å². The predicted molar refractivity (Wildman–Crippen MR) is 85.8 cm³/mol. The number of anilines is 1. The van der Waals surface area contributed by atoms with Crippen LogP contribution in [-0.2, 0) is 9.84 Å². The number of benzene rings is 1. The number of aromatic hydroxyl groups is 1. The Bertz CT molecular complexity index is 783. The average molecular weight is 390 g/mol. The maximum absolute atomic E-state index is 12.0. The lowest BCUT2D eigenvalue weighted by molar-refractivity contribution is 0.102. The van der Waals surface area contributed by atoms with Crippen molar-refractivity contribution >= 4 is 48.7 Å². The lowest BCUT2D eigenvalue weighted by atomic mass is 10.2. The molecule has 0 unspecified atom stereocenters. The third-order valence-electron chi connectivity index (χ3n) is 2.79. The predicted octanol–water partition coefficient (Wildman–Crippen LogP) is 3.26. The number of carbonyl (C=O) groups is 1. The van der Waals surface area contributed by atoms with E-state index in [1.54, 1.807) is 11.4 Å². The Hall–Kier alpha value is -1.38. The number of sulfone groups is 1. The Morgan fingerprint density at radius 3 is 2.67 bits per heavy atom. The zero-order valence-corrected chi connectivity index (χ0v) is 14.2. The largest absolute Gasteiger partial charge is 0.506 e. The molecule has 0 aliphatic carbocycles. The van der Waals surface area contributed by atoms with E-state index < -0.39 is 15.7 Å². The van der Waals surface area contributed by atoms with Gasteiger partial charge in [-0.3, -0.25) is 4.79 Å². The van der Waals surface area contributed by atoms with Gasteiger partial charge >= 0.3 is 0 Å². The molecule has 2 rings (SSSR count). The number of halogens is 1. The normalized spacial score (nSPS) is 11.3. The second kappa shape index (κ2) is 6.17. The Morgan fingerprint density at radius 1 is 1.38 bits per heavy atom. The summed E-state index contributed by atoms with van der Waals surface area (Å²) in [5.74, 6) is -0.658. The van der Waals surface area contributed by atoms with Gasteiger partial charge in [-0.25, -0.2) is 8.42 Å². The number of nitrogens with one attached hydrogen (secondary N) is 1. The number of phenols is 1. The van der Waals surface area contributed by atoms with Crippen molar-refractivity contribution in [3.05, 3.63) is 39.0 Å². The molecular weight excluding hydrogens is 378 g/mol. The minimum atomic E-state index is -3.40. The first kappa shape index (κ1) is 16.0. The van der Waals surface area contributed by atoms with Gasteiger partial charge in [0, 0.05) is 5.38 Å². The third-order valence-corrected chi connectivity index (χ3v) is 6.02. The molecule has 112 valence electrons. The highest BCUT2D eigenvalue weighted by Gasteiger charge is 2.16. The minimum absolute atomic E-state index is 0.0529. The second-order valence-corrected chi connectivity index (χ2v) is 8.74. The van der Waals surface area contributed by atoms with Crippen LogP contribution in [-0.4, -0.2) is 25.2 Å². The van der Waals surface area contributed by atoms with E-state index in [-0.39, 0.29) is 22.1 Å². The molecule has 5 nitrogen and oxygen atoms in total. The molecule has 1 aromatic heterocycles. The lowest BCUT2D eigenvalue weighted by Crippen LogP contribution is -2.12. The summed E-state index contributed by atoms with van der Waals surface area (Å²) >= 11 is 4.61. The zero-order valence-electron chi connectivity index (χ0n) is 11.0. The van der Waals surface area contributed by atoms with Crippen molar-refractivity contribution in [1.29, 1.82) is 0 Å². The minimum Gasteiger partial charge on any atom is -0.506 e. The van der Waals surface area contributed by atoms with Crippen LogP contribution in [0.2, 0.25) is 0 Å². The van der Waals surface area contributed by atoms with Gasteiger partial charge in [-0.1, -0.05) is 6.92 Å². The molecule has 2 aromatic rings. The first-order chi connectivity index (χ1) is 9.83. The van der Waals surface area contributed by atoms with Crippen LogP contribution in [0.25, 0.3) is 0 Å². The molecule has 0 aliphatic heterocycles. The summed E-state index contributed by atoms with van der Waals surface area (Å²) in [6, 6.07) is 5.46. The third kappa shape index (κ3) is 3.63. The summed E-state index contributed by atoms with van der Waals surface area (Å²) in [5.41, 5.74) is 0.492. The molecule has 1 aromatic carbocycles. The van der Waals surface area contributed by atoms with E-state index in [4.69, 9.17) is 0 Å². The second-order valence-electron chi connectivity index (χ2n) is 4.18. The van der Waals surface area contributed by atoms with E-state index in [9.17, 15) is 18.3 Å². The smallest absolute Gasteiger partial charge is 0.256 e. The maximum atomic E-state index is 12.0. The Kier molecular flexibility index (Phi) is 4.70. The van der Waals surface area contributed by atoms with E-state index in [1.165, 1.54) is 36.5 Å². The highest BCUT2D eigenvalue weighted by atomic mass is 79.9. The molecule has 0 aliphatic rings. The van der Waals surface area contributed by atoms with Gasteiger partial charge in [0.05, 0.1) is 25.7 Å². The molecule has 0 saturated heterocycles. The van der Waals surface area contributed by atoms with Gasteiger partial charge in [-0.15, -0.1) is 11.3 Å². The molecule has 0 radical (unpaired) electrons. The molecule has 8 heteroatoms. The summed E-state index contributed by atoms with van der Waals surface area (Å²) in [6.45, 7) is 1.53. The molecular formula is C13H12BrNO4S2. The Balaban J connectivity index is 2.32. The standard InChI is InChI=1S/C13H12BrNO4S2/c1-2-21(18,19)9-3-4-11(16)10(6-9)15-13(17)8-5-12(14)20-7-8/h3-7,16H,2H2,1H3,(H,15,17). The van der Waals surface area contributed by atoms with Gasteiger partial charge in [0.25, 0.3) is 5.91 Å². The molecule has 0 atom stereocenters. The fraction of sp³-hybridized carbons (Fsp3) is 0.154. The number of phenolic OH excluding ortho intramolecular Hbond substituents is 1.